The van der Waals surface area contributed by atoms with E-state index in [0.29, 0.717) is 38.4 Å². The second-order valence-corrected chi connectivity index (χ2v) is 9.47. The molecule has 2 atom stereocenters. The van der Waals surface area contributed by atoms with E-state index in [1.807, 2.05) is 42.5 Å². The maximum atomic E-state index is 13.1. The van der Waals surface area contributed by atoms with Crippen molar-refractivity contribution in [1.29, 1.82) is 0 Å². The van der Waals surface area contributed by atoms with Gasteiger partial charge in [-0.05, 0) is 35.4 Å². The summed E-state index contributed by atoms with van der Waals surface area (Å²) >= 11 is 0. The van der Waals surface area contributed by atoms with Crippen LogP contribution >= 0.6 is 0 Å². The van der Waals surface area contributed by atoms with Crippen LogP contribution in [0, 0.1) is 0 Å². The van der Waals surface area contributed by atoms with Crippen molar-refractivity contribution in [2.24, 2.45) is 17.2 Å². The maximum Gasteiger partial charge on any atom is 0.242 e. The largest absolute Gasteiger partial charge is 0.350 e. The molecule has 8 N–H and O–H groups in total. The topological polar surface area (TPSA) is 157 Å². The van der Waals surface area contributed by atoms with Gasteiger partial charge in [0.2, 0.25) is 17.7 Å². The van der Waals surface area contributed by atoms with E-state index in [1.165, 1.54) is 10.5 Å². The van der Waals surface area contributed by atoms with E-state index in [9.17, 15) is 14.4 Å². The molecule has 0 bridgehead atoms. The van der Waals surface area contributed by atoms with E-state index in [4.69, 9.17) is 17.2 Å². The zero-order chi connectivity index (χ0) is 27.2. The van der Waals surface area contributed by atoms with Crippen molar-refractivity contribution in [1.82, 2.24) is 15.5 Å². The van der Waals surface area contributed by atoms with Crippen LogP contribution in [0.3, 0.4) is 0 Å². The Morgan fingerprint density at radius 1 is 0.865 bits per heavy atom. The van der Waals surface area contributed by atoms with Crippen molar-refractivity contribution < 1.29 is 14.4 Å². The Morgan fingerprint density at radius 3 is 2.05 bits per heavy atom. The molecule has 0 saturated carbocycles. The van der Waals surface area contributed by atoms with Gasteiger partial charge in [-0.1, -0.05) is 68.4 Å². The predicted molar refractivity (Wildman–Crippen MR) is 146 cm³/mol. The summed E-state index contributed by atoms with van der Waals surface area (Å²) in [5.41, 5.74) is 20.4. The Labute approximate surface area is 220 Å². The number of rotatable bonds is 15. The average molecular weight is 511 g/mol. The van der Waals surface area contributed by atoms with Gasteiger partial charge in [0.05, 0.1) is 12.5 Å². The van der Waals surface area contributed by atoms with Crippen molar-refractivity contribution in [3.05, 3.63) is 71.3 Å². The number of nitrogens with zero attached hydrogens (tertiary/aromatic N) is 1. The van der Waals surface area contributed by atoms with Crippen LogP contribution in [0.4, 0.5) is 0 Å². The average Bonchev–Trinajstić information content (AvgIpc) is 2.90. The Morgan fingerprint density at radius 2 is 1.49 bits per heavy atom. The van der Waals surface area contributed by atoms with Gasteiger partial charge in [-0.15, -0.1) is 0 Å². The Balaban J connectivity index is 2.03. The van der Waals surface area contributed by atoms with E-state index in [-0.39, 0.29) is 31.3 Å². The zero-order valence-corrected chi connectivity index (χ0v) is 22.0. The molecule has 0 aromatic heterocycles. The van der Waals surface area contributed by atoms with Gasteiger partial charge in [0, 0.05) is 32.7 Å². The molecule has 202 valence electrons. The summed E-state index contributed by atoms with van der Waals surface area (Å²) in [6.45, 7) is 5.85. The summed E-state index contributed by atoms with van der Waals surface area (Å²) in [6, 6.07) is 15.9. The van der Waals surface area contributed by atoms with Crippen molar-refractivity contribution in [3.8, 4) is 0 Å². The summed E-state index contributed by atoms with van der Waals surface area (Å²) in [6.07, 6.45) is 0.791. The molecular weight excluding hydrogens is 468 g/mol. The van der Waals surface area contributed by atoms with E-state index in [1.54, 1.807) is 0 Å². The van der Waals surface area contributed by atoms with Gasteiger partial charge in [-0.2, -0.15) is 0 Å². The Bertz CT molecular complexity index is 975. The number of benzene rings is 2. The number of carbonyl (C=O) groups excluding carboxylic acids is 3. The normalized spacial score (nSPS) is 12.6. The second kappa shape index (κ2) is 15.8. The molecule has 0 fully saturated rings. The molecule has 2 aromatic carbocycles. The first-order chi connectivity index (χ1) is 17.7. The van der Waals surface area contributed by atoms with Crippen LogP contribution in [-0.4, -0.2) is 60.9 Å². The van der Waals surface area contributed by atoms with Crippen molar-refractivity contribution in [3.63, 3.8) is 0 Å². The first-order valence-electron chi connectivity index (χ1n) is 12.9. The Kier molecular flexibility index (Phi) is 12.8. The third-order valence-electron chi connectivity index (χ3n) is 6.19. The highest BCUT2D eigenvalue weighted by molar-refractivity contribution is 5.92. The van der Waals surface area contributed by atoms with Crippen LogP contribution < -0.4 is 27.8 Å². The summed E-state index contributed by atoms with van der Waals surface area (Å²) in [5, 5.41) is 5.68. The fourth-order valence-electron chi connectivity index (χ4n) is 3.92. The lowest BCUT2D eigenvalue weighted by Gasteiger charge is -2.24. The third kappa shape index (κ3) is 10.3. The minimum Gasteiger partial charge on any atom is -0.350 e. The highest BCUT2D eigenvalue weighted by Crippen LogP contribution is 2.14. The minimum absolute atomic E-state index is 0.193. The molecule has 9 heteroatoms. The van der Waals surface area contributed by atoms with Gasteiger partial charge < -0.3 is 32.7 Å². The van der Waals surface area contributed by atoms with Crippen LogP contribution in [0.15, 0.2) is 54.6 Å². The molecule has 2 rings (SSSR count). The predicted octanol–water partition coefficient (Wildman–Crippen LogP) is 1.01. The number of nitrogens with two attached hydrogens (primary N) is 3. The van der Waals surface area contributed by atoms with E-state index >= 15 is 0 Å². The van der Waals surface area contributed by atoms with Crippen molar-refractivity contribution in [2.45, 2.75) is 57.7 Å². The first-order valence-corrected chi connectivity index (χ1v) is 12.9. The standard InChI is InChI=1S/C28H42N6O3/c1-20(2)23-11-8-22(9-12-23)19-32-28(37)25(13-10-21-6-4-3-5-7-21)33-27(36)24(31)18-26(35)34(16-14-29)17-15-30/h3-9,11-12,20,24-25H,10,13-19,29-31H2,1-2H3,(H,32,37)(H,33,36). The molecule has 9 nitrogen and oxygen atoms in total. The Hall–Kier alpha value is -3.27. The van der Waals surface area contributed by atoms with E-state index < -0.39 is 18.0 Å². The van der Waals surface area contributed by atoms with Crippen LogP contribution in [0.25, 0.3) is 0 Å². The number of hydrogen-bond acceptors (Lipinski definition) is 6. The van der Waals surface area contributed by atoms with Crippen LogP contribution in [0.5, 0.6) is 0 Å². The quantitative estimate of drug-likeness (QED) is 0.241. The molecule has 2 unspecified atom stereocenters. The summed E-state index contributed by atoms with van der Waals surface area (Å²) in [5.74, 6) is -0.726. The minimum atomic E-state index is -1.10. The van der Waals surface area contributed by atoms with Crippen molar-refractivity contribution >= 4 is 17.7 Å². The molecule has 0 radical (unpaired) electrons. The van der Waals surface area contributed by atoms with E-state index in [2.05, 4.69) is 36.6 Å². The van der Waals surface area contributed by atoms with Gasteiger partial charge >= 0.3 is 0 Å². The number of nitrogens with one attached hydrogen (secondary N) is 2. The molecule has 0 spiro atoms. The van der Waals surface area contributed by atoms with Crippen molar-refractivity contribution in [2.75, 3.05) is 26.2 Å². The molecule has 0 aliphatic rings. The fourth-order valence-corrected chi connectivity index (χ4v) is 3.92. The fraction of sp³-hybridized carbons (Fsp3) is 0.464. The number of aryl methyl sites for hydroxylation is 1. The van der Waals surface area contributed by atoms with Gasteiger partial charge in [-0.3, -0.25) is 14.4 Å². The lowest BCUT2D eigenvalue weighted by molar-refractivity contribution is -0.135. The molecule has 3 amide bonds. The number of hydrogen-bond donors (Lipinski definition) is 5. The molecule has 0 aliphatic heterocycles. The van der Waals surface area contributed by atoms with Crippen LogP contribution in [0.1, 0.15) is 49.3 Å². The maximum absolute atomic E-state index is 13.1. The lowest BCUT2D eigenvalue weighted by atomic mass is 10.0. The highest BCUT2D eigenvalue weighted by Gasteiger charge is 2.26. The molecule has 0 aliphatic carbocycles. The molecular formula is C28H42N6O3. The summed E-state index contributed by atoms with van der Waals surface area (Å²) in [7, 11) is 0. The van der Waals surface area contributed by atoms with Crippen LogP contribution in [-0.2, 0) is 27.3 Å². The SMILES string of the molecule is CC(C)c1ccc(CNC(=O)C(CCc2ccccc2)NC(=O)C(N)CC(=O)N(CCN)CCN)cc1. The molecule has 0 heterocycles. The molecule has 0 saturated heterocycles. The number of amides is 3. The summed E-state index contributed by atoms with van der Waals surface area (Å²) in [4.78, 5) is 40.1. The first kappa shape index (κ1) is 30.0. The number of carbonyl (C=O) groups is 3. The lowest BCUT2D eigenvalue weighted by Crippen LogP contribution is -2.53. The third-order valence-corrected chi connectivity index (χ3v) is 6.19. The smallest absolute Gasteiger partial charge is 0.242 e. The molecule has 37 heavy (non-hydrogen) atoms. The monoisotopic (exact) mass is 510 g/mol. The second-order valence-electron chi connectivity index (χ2n) is 9.47. The summed E-state index contributed by atoms with van der Waals surface area (Å²) < 4.78 is 0. The van der Waals surface area contributed by atoms with E-state index in [0.717, 1.165) is 11.1 Å². The highest BCUT2D eigenvalue weighted by atomic mass is 16.2. The van der Waals surface area contributed by atoms with Gasteiger partial charge in [-0.25, -0.2) is 0 Å². The zero-order valence-electron chi connectivity index (χ0n) is 22.0. The van der Waals surface area contributed by atoms with Gasteiger partial charge in [0.25, 0.3) is 0 Å². The van der Waals surface area contributed by atoms with Gasteiger partial charge in [0.1, 0.15) is 6.04 Å². The van der Waals surface area contributed by atoms with Gasteiger partial charge in [0.15, 0.2) is 0 Å². The molecule has 2 aromatic rings. The van der Waals surface area contributed by atoms with Crippen LogP contribution in [0.2, 0.25) is 0 Å².